The first-order valence-corrected chi connectivity index (χ1v) is 11.8. The number of aromatic amines is 2. The Bertz CT molecular complexity index is 1320. The van der Waals surface area contributed by atoms with Crippen LogP contribution in [0.1, 0.15) is 5.69 Å². The number of aliphatic imine (C=N–C) groups is 1. The van der Waals surface area contributed by atoms with Crippen molar-refractivity contribution in [3.8, 4) is 11.3 Å². The molecular formula is C22H18FN5O2S2. The van der Waals surface area contributed by atoms with E-state index in [0.717, 1.165) is 32.5 Å². The summed E-state index contributed by atoms with van der Waals surface area (Å²) in [6, 6.07) is 10.1. The molecule has 0 amide bonds. The van der Waals surface area contributed by atoms with Crippen LogP contribution in [0.4, 0.5) is 4.39 Å². The molecule has 0 saturated carbocycles. The van der Waals surface area contributed by atoms with E-state index in [1.165, 1.54) is 35.7 Å². The van der Waals surface area contributed by atoms with Crippen molar-refractivity contribution in [2.75, 3.05) is 11.5 Å². The van der Waals surface area contributed by atoms with Crippen molar-refractivity contribution in [1.82, 2.24) is 19.9 Å². The van der Waals surface area contributed by atoms with Crippen LogP contribution < -0.4 is 0 Å². The summed E-state index contributed by atoms with van der Waals surface area (Å²) >= 11 is 2.93. The van der Waals surface area contributed by atoms with Crippen LogP contribution in [0.15, 0.2) is 65.1 Å². The maximum absolute atomic E-state index is 13.5. The summed E-state index contributed by atoms with van der Waals surface area (Å²) in [5, 5.41) is 12.3. The Balaban J connectivity index is 1.30. The fraction of sp³-hybridized carbons (Fsp3) is 0.182. The van der Waals surface area contributed by atoms with E-state index in [0.29, 0.717) is 17.0 Å². The molecule has 32 heavy (non-hydrogen) atoms. The van der Waals surface area contributed by atoms with E-state index >= 15 is 0 Å². The second-order valence-corrected chi connectivity index (χ2v) is 9.48. The van der Waals surface area contributed by atoms with Gasteiger partial charge in [-0.3, -0.25) is 9.98 Å². The second-order valence-electron chi connectivity index (χ2n) is 7.47. The molecule has 3 N–H and O–H groups in total. The number of H-pyrrole nitrogens is 2. The van der Waals surface area contributed by atoms with Gasteiger partial charge in [-0.1, -0.05) is 11.8 Å². The van der Waals surface area contributed by atoms with Gasteiger partial charge in [0.05, 0.1) is 16.9 Å². The van der Waals surface area contributed by atoms with Crippen LogP contribution >= 0.6 is 23.5 Å². The van der Waals surface area contributed by atoms with Crippen molar-refractivity contribution in [3.05, 3.63) is 66.5 Å². The number of nitrogens with one attached hydrogen (secondary N) is 2. The molecule has 4 aromatic rings. The number of halogens is 1. The SMILES string of the molecule is O=C(O)C1(Cc2cc3ccc(F)cc3[nH]2)CSC(CSc2ncc(-c3cccnc3)[nH]2)=N1. The van der Waals surface area contributed by atoms with Crippen molar-refractivity contribution >= 4 is 45.4 Å². The molecule has 0 fully saturated rings. The van der Waals surface area contributed by atoms with Crippen molar-refractivity contribution in [2.45, 2.75) is 17.1 Å². The van der Waals surface area contributed by atoms with Gasteiger partial charge in [0, 0.05) is 47.1 Å². The molecule has 162 valence electrons. The highest BCUT2D eigenvalue weighted by molar-refractivity contribution is 8.16. The Labute approximate surface area is 191 Å². The number of rotatable bonds is 7. The van der Waals surface area contributed by atoms with Crippen LogP contribution in [0.5, 0.6) is 0 Å². The molecule has 7 nitrogen and oxygen atoms in total. The van der Waals surface area contributed by atoms with E-state index in [2.05, 4.69) is 24.9 Å². The fourth-order valence-electron chi connectivity index (χ4n) is 3.60. The standard InChI is InChI=1S/C22H18FN5O2S2/c23-15-4-3-13-6-16(26-17(13)7-15)8-22(20(29)30)12-32-19(28-22)11-31-21-25-10-18(27-21)14-2-1-5-24-9-14/h1-7,9-10,26H,8,11-12H2,(H,25,27)(H,29,30). The van der Waals surface area contributed by atoms with Crippen LogP contribution in [0.3, 0.4) is 0 Å². The minimum absolute atomic E-state index is 0.214. The van der Waals surface area contributed by atoms with Crippen LogP contribution in [0, 0.1) is 5.82 Å². The van der Waals surface area contributed by atoms with Gasteiger partial charge in [0.15, 0.2) is 10.7 Å². The highest BCUT2D eigenvalue weighted by Crippen LogP contribution is 2.34. The molecule has 0 radical (unpaired) electrons. The third kappa shape index (κ3) is 4.15. The molecule has 1 aliphatic heterocycles. The first-order valence-electron chi connectivity index (χ1n) is 9.81. The molecule has 1 unspecified atom stereocenters. The van der Waals surface area contributed by atoms with Gasteiger partial charge in [-0.05, 0) is 41.8 Å². The summed E-state index contributed by atoms with van der Waals surface area (Å²) in [6.07, 6.45) is 5.45. The Kier molecular flexibility index (Phi) is 5.48. The highest BCUT2D eigenvalue weighted by atomic mass is 32.2. The van der Waals surface area contributed by atoms with Crippen molar-refractivity contribution in [3.63, 3.8) is 0 Å². The maximum atomic E-state index is 13.5. The molecule has 0 bridgehead atoms. The Morgan fingerprint density at radius 1 is 1.25 bits per heavy atom. The van der Waals surface area contributed by atoms with Crippen molar-refractivity contribution < 1.29 is 14.3 Å². The first-order chi connectivity index (χ1) is 15.5. The van der Waals surface area contributed by atoms with Crippen LogP contribution in [0.2, 0.25) is 0 Å². The number of thioether (sulfide) groups is 2. The monoisotopic (exact) mass is 467 g/mol. The Hall–Kier alpha value is -3.11. The van der Waals surface area contributed by atoms with Crippen molar-refractivity contribution in [2.24, 2.45) is 4.99 Å². The summed E-state index contributed by atoms with van der Waals surface area (Å²) in [6.45, 7) is 0. The van der Waals surface area contributed by atoms with Gasteiger partial charge in [0.1, 0.15) is 5.82 Å². The van der Waals surface area contributed by atoms with Gasteiger partial charge in [0.2, 0.25) is 0 Å². The molecule has 0 saturated heterocycles. The molecule has 4 heterocycles. The number of aromatic nitrogens is 4. The van der Waals surface area contributed by atoms with Crippen LogP contribution in [-0.2, 0) is 11.2 Å². The minimum atomic E-state index is -1.25. The number of benzene rings is 1. The van der Waals surface area contributed by atoms with Crippen LogP contribution in [-0.4, -0.2) is 53.1 Å². The fourth-order valence-corrected chi connectivity index (χ4v) is 5.68. The number of hydrogen-bond acceptors (Lipinski definition) is 6. The van der Waals surface area contributed by atoms with Gasteiger partial charge >= 0.3 is 5.97 Å². The number of fused-ring (bicyclic) bond motifs is 1. The molecule has 0 spiro atoms. The molecule has 1 aromatic carbocycles. The highest BCUT2D eigenvalue weighted by Gasteiger charge is 2.43. The van der Waals surface area contributed by atoms with E-state index in [1.54, 1.807) is 24.7 Å². The predicted molar refractivity (Wildman–Crippen MR) is 125 cm³/mol. The summed E-state index contributed by atoms with van der Waals surface area (Å²) < 4.78 is 13.5. The van der Waals surface area contributed by atoms with Gasteiger partial charge in [0.25, 0.3) is 0 Å². The maximum Gasteiger partial charge on any atom is 0.332 e. The molecule has 1 atom stereocenters. The summed E-state index contributed by atoms with van der Waals surface area (Å²) in [4.78, 5) is 31.6. The van der Waals surface area contributed by atoms with E-state index in [9.17, 15) is 14.3 Å². The Morgan fingerprint density at radius 2 is 2.16 bits per heavy atom. The number of nitrogens with zero attached hydrogens (tertiary/aromatic N) is 3. The average Bonchev–Trinajstić information content (AvgIpc) is 3.51. The van der Waals surface area contributed by atoms with Gasteiger partial charge < -0.3 is 15.1 Å². The number of carboxylic acids is 1. The third-order valence-corrected chi connectivity index (χ3v) is 7.47. The van der Waals surface area contributed by atoms with Gasteiger partial charge in [-0.2, -0.15) is 0 Å². The first kappa shape index (κ1) is 20.8. The van der Waals surface area contributed by atoms with Crippen LogP contribution in [0.25, 0.3) is 22.2 Å². The lowest BCUT2D eigenvalue weighted by atomic mass is 9.96. The normalized spacial score (nSPS) is 18.2. The number of pyridine rings is 1. The van der Waals surface area contributed by atoms with E-state index < -0.39 is 11.5 Å². The number of imidazole rings is 1. The molecule has 3 aromatic heterocycles. The molecule has 5 rings (SSSR count). The third-order valence-electron chi connectivity index (χ3n) is 5.19. The zero-order chi connectivity index (χ0) is 22.1. The quantitative estimate of drug-likeness (QED) is 0.348. The smallest absolute Gasteiger partial charge is 0.332 e. The predicted octanol–water partition coefficient (Wildman–Crippen LogP) is 4.40. The molecule has 1 aliphatic rings. The lowest BCUT2D eigenvalue weighted by molar-refractivity contribution is -0.142. The largest absolute Gasteiger partial charge is 0.479 e. The van der Waals surface area contributed by atoms with E-state index in [-0.39, 0.29) is 12.2 Å². The summed E-state index contributed by atoms with van der Waals surface area (Å²) in [7, 11) is 0. The topological polar surface area (TPSA) is 107 Å². The molecule has 10 heteroatoms. The zero-order valence-corrected chi connectivity index (χ0v) is 18.3. The molecule has 0 aliphatic carbocycles. The average molecular weight is 468 g/mol. The number of carbonyl (C=O) groups is 1. The lowest BCUT2D eigenvalue weighted by Crippen LogP contribution is -2.39. The number of carboxylic acid groups (broad SMARTS) is 1. The van der Waals surface area contributed by atoms with E-state index in [4.69, 9.17) is 0 Å². The Morgan fingerprint density at radius 3 is 2.97 bits per heavy atom. The number of hydrogen-bond donors (Lipinski definition) is 3. The van der Waals surface area contributed by atoms with E-state index in [1.807, 2.05) is 18.2 Å². The summed E-state index contributed by atoms with van der Waals surface area (Å²) in [5.74, 6) is -0.428. The lowest BCUT2D eigenvalue weighted by Gasteiger charge is -2.19. The van der Waals surface area contributed by atoms with Crippen molar-refractivity contribution in [1.29, 1.82) is 0 Å². The molecular weight excluding hydrogens is 449 g/mol. The zero-order valence-electron chi connectivity index (χ0n) is 16.7. The van der Waals surface area contributed by atoms with Gasteiger partial charge in [-0.25, -0.2) is 14.2 Å². The summed E-state index contributed by atoms with van der Waals surface area (Å²) in [5.41, 5.74) is 1.94. The van der Waals surface area contributed by atoms with Gasteiger partial charge in [-0.15, -0.1) is 11.8 Å². The minimum Gasteiger partial charge on any atom is -0.479 e. The second kappa shape index (κ2) is 8.44. The number of aliphatic carboxylic acids is 1.